The van der Waals surface area contributed by atoms with Crippen molar-refractivity contribution in [2.24, 2.45) is 0 Å². The molecule has 0 saturated carbocycles. The van der Waals surface area contributed by atoms with Crippen molar-refractivity contribution in [3.05, 3.63) is 11.6 Å². The van der Waals surface area contributed by atoms with Crippen LogP contribution in [0.25, 0.3) is 0 Å². The molecule has 2 aliphatic heterocycles. The number of hydrogen-bond acceptors (Lipinski definition) is 6. The molecule has 2 nitrogen and oxygen atoms in total. The van der Waals surface area contributed by atoms with Crippen LogP contribution >= 0.6 is 47.0 Å². The first-order chi connectivity index (χ1) is 9.22. The normalized spacial score (nSPS) is 21.4. The number of carbonyl (C=O) groups is 1. The monoisotopic (exact) mass is 344 g/mol. The van der Waals surface area contributed by atoms with Crippen molar-refractivity contribution in [1.29, 1.82) is 0 Å². The van der Waals surface area contributed by atoms with E-state index in [-0.39, 0.29) is 14.1 Å². The lowest BCUT2D eigenvalue weighted by Crippen LogP contribution is -2.07. The minimum absolute atomic E-state index is 0.0745. The summed E-state index contributed by atoms with van der Waals surface area (Å²) in [5, 5.41) is 0. The average molecular weight is 345 g/mol. The van der Waals surface area contributed by atoms with Crippen LogP contribution in [0.15, 0.2) is 25.6 Å². The first-order valence-electron chi connectivity index (χ1n) is 6.28. The molecule has 1 aromatic carbocycles. The molecule has 0 spiro atoms. The van der Waals surface area contributed by atoms with Gasteiger partial charge in [-0.3, -0.25) is 0 Å². The lowest BCUT2D eigenvalue weighted by atomic mass is 10.2. The third-order valence-electron chi connectivity index (χ3n) is 2.96. The van der Waals surface area contributed by atoms with Crippen LogP contribution in [0.2, 0.25) is 0 Å². The molecule has 0 aromatic heterocycles. The highest BCUT2D eigenvalue weighted by Crippen LogP contribution is 2.63. The van der Waals surface area contributed by atoms with E-state index in [2.05, 4.69) is 33.8 Å². The maximum Gasteiger partial charge on any atom is 0.340 e. The molecule has 0 atom stereocenters. The SMILES string of the molecule is COC(=O)c1c2c(cc3c1SC(C)(C)S3)SC(C)(C)S2. The summed E-state index contributed by atoms with van der Waals surface area (Å²) in [5.74, 6) is -0.213. The lowest BCUT2D eigenvalue weighted by molar-refractivity contribution is 0.0591. The van der Waals surface area contributed by atoms with E-state index >= 15 is 0 Å². The highest BCUT2D eigenvalue weighted by molar-refractivity contribution is 8.21. The second kappa shape index (κ2) is 4.80. The minimum Gasteiger partial charge on any atom is -0.465 e. The van der Waals surface area contributed by atoms with E-state index in [1.54, 1.807) is 23.5 Å². The fourth-order valence-corrected chi connectivity index (χ4v) is 7.99. The van der Waals surface area contributed by atoms with Gasteiger partial charge in [-0.1, -0.05) is 0 Å². The Morgan fingerprint density at radius 2 is 1.40 bits per heavy atom. The van der Waals surface area contributed by atoms with Gasteiger partial charge in [0, 0.05) is 19.6 Å². The van der Waals surface area contributed by atoms with E-state index in [1.807, 2.05) is 23.5 Å². The molecule has 0 fully saturated rings. The summed E-state index contributed by atoms with van der Waals surface area (Å²) >= 11 is 7.21. The molecule has 0 amide bonds. The van der Waals surface area contributed by atoms with Gasteiger partial charge in [-0.05, 0) is 33.8 Å². The maximum atomic E-state index is 12.3. The Morgan fingerprint density at radius 3 is 1.80 bits per heavy atom. The van der Waals surface area contributed by atoms with Gasteiger partial charge in [-0.25, -0.2) is 4.79 Å². The van der Waals surface area contributed by atoms with Gasteiger partial charge in [-0.2, -0.15) is 0 Å². The molecule has 3 rings (SSSR count). The van der Waals surface area contributed by atoms with Crippen LogP contribution < -0.4 is 0 Å². The van der Waals surface area contributed by atoms with Crippen molar-refractivity contribution < 1.29 is 9.53 Å². The molecule has 0 saturated heterocycles. The van der Waals surface area contributed by atoms with E-state index < -0.39 is 0 Å². The molecular formula is C14H16O2S4. The number of hydrogen-bond donors (Lipinski definition) is 0. The zero-order chi connectivity index (χ0) is 14.7. The van der Waals surface area contributed by atoms with Crippen LogP contribution in [0.1, 0.15) is 38.1 Å². The summed E-state index contributed by atoms with van der Waals surface area (Å²) in [6, 6.07) is 2.25. The van der Waals surface area contributed by atoms with Gasteiger partial charge in [-0.15, -0.1) is 47.0 Å². The first kappa shape index (κ1) is 15.0. The third kappa shape index (κ3) is 2.49. The van der Waals surface area contributed by atoms with Gasteiger partial charge in [0.1, 0.15) is 0 Å². The standard InChI is InChI=1S/C14H16O2S4/c1-13(2)17-7-6-8-11(20-14(3,4)18-8)9(10(7)19-13)12(15)16-5/h6H,1-5H3. The summed E-state index contributed by atoms with van der Waals surface area (Å²) in [6.45, 7) is 8.77. The highest BCUT2D eigenvalue weighted by Gasteiger charge is 2.41. The molecule has 0 radical (unpaired) electrons. The number of thioether (sulfide) groups is 4. The molecular weight excluding hydrogens is 328 g/mol. The van der Waals surface area contributed by atoms with Crippen molar-refractivity contribution >= 4 is 53.0 Å². The molecule has 0 bridgehead atoms. The Bertz CT molecular complexity index is 565. The van der Waals surface area contributed by atoms with Crippen LogP contribution in [0.4, 0.5) is 0 Å². The fraction of sp³-hybridized carbons (Fsp3) is 0.500. The zero-order valence-electron chi connectivity index (χ0n) is 12.0. The number of methoxy groups -OCH3 is 1. The number of ether oxygens (including phenoxy) is 1. The van der Waals surface area contributed by atoms with Crippen molar-refractivity contribution in [2.75, 3.05) is 7.11 Å². The number of esters is 1. The molecule has 6 heteroatoms. The second-order valence-corrected chi connectivity index (χ2v) is 12.7. The van der Waals surface area contributed by atoms with E-state index in [1.165, 1.54) is 16.9 Å². The largest absolute Gasteiger partial charge is 0.465 e. The molecule has 0 unspecified atom stereocenters. The Hall–Kier alpha value is 0.0900. The summed E-state index contributed by atoms with van der Waals surface area (Å²) in [6.07, 6.45) is 0. The van der Waals surface area contributed by atoms with E-state index in [4.69, 9.17) is 4.74 Å². The van der Waals surface area contributed by atoms with Gasteiger partial charge < -0.3 is 4.74 Å². The lowest BCUT2D eigenvalue weighted by Gasteiger charge is -2.15. The van der Waals surface area contributed by atoms with Crippen molar-refractivity contribution in [1.82, 2.24) is 0 Å². The minimum atomic E-state index is -0.213. The third-order valence-corrected chi connectivity index (χ3v) is 8.53. The van der Waals surface area contributed by atoms with Gasteiger partial charge in [0.2, 0.25) is 0 Å². The highest BCUT2D eigenvalue weighted by atomic mass is 32.2. The molecule has 1 aromatic rings. The summed E-state index contributed by atoms with van der Waals surface area (Å²) in [5.41, 5.74) is 0.770. The Labute approximate surface area is 136 Å². The number of benzene rings is 1. The predicted octanol–water partition coefficient (Wildman–Crippen LogP) is 5.34. The van der Waals surface area contributed by atoms with E-state index in [0.717, 1.165) is 15.4 Å². The zero-order valence-corrected chi connectivity index (χ0v) is 15.3. The topological polar surface area (TPSA) is 26.3 Å². The van der Waals surface area contributed by atoms with E-state index in [9.17, 15) is 4.79 Å². The van der Waals surface area contributed by atoms with Crippen LogP contribution in [0.3, 0.4) is 0 Å². The molecule has 2 aliphatic rings. The number of carbonyl (C=O) groups excluding carboxylic acids is 1. The van der Waals surface area contributed by atoms with Gasteiger partial charge in [0.15, 0.2) is 0 Å². The van der Waals surface area contributed by atoms with Crippen molar-refractivity contribution in [3.8, 4) is 0 Å². The number of fused-ring (bicyclic) bond motifs is 2. The van der Waals surface area contributed by atoms with Crippen LogP contribution in [0, 0.1) is 0 Å². The second-order valence-electron chi connectivity index (χ2n) is 5.61. The molecule has 108 valence electrons. The van der Waals surface area contributed by atoms with Crippen molar-refractivity contribution in [2.45, 2.75) is 55.4 Å². The van der Waals surface area contributed by atoms with Gasteiger partial charge >= 0.3 is 5.97 Å². The Kier molecular flexibility index (Phi) is 3.60. The molecule has 20 heavy (non-hydrogen) atoms. The first-order valence-corrected chi connectivity index (χ1v) is 9.54. The Balaban J connectivity index is 2.20. The van der Waals surface area contributed by atoms with Gasteiger partial charge in [0.25, 0.3) is 0 Å². The molecule has 0 aliphatic carbocycles. The van der Waals surface area contributed by atoms with Crippen LogP contribution in [0.5, 0.6) is 0 Å². The van der Waals surface area contributed by atoms with Gasteiger partial charge in [0.05, 0.1) is 20.8 Å². The predicted molar refractivity (Wildman–Crippen MR) is 89.4 cm³/mol. The molecule has 0 N–H and O–H groups in total. The smallest absolute Gasteiger partial charge is 0.340 e. The average Bonchev–Trinajstić information content (AvgIpc) is 2.77. The Morgan fingerprint density at radius 1 is 0.950 bits per heavy atom. The summed E-state index contributed by atoms with van der Waals surface area (Å²) < 4.78 is 5.19. The summed E-state index contributed by atoms with van der Waals surface area (Å²) in [7, 11) is 1.46. The van der Waals surface area contributed by atoms with Crippen LogP contribution in [-0.4, -0.2) is 21.2 Å². The van der Waals surface area contributed by atoms with Crippen molar-refractivity contribution in [3.63, 3.8) is 0 Å². The fourth-order valence-electron chi connectivity index (χ4n) is 2.30. The molecule has 2 heterocycles. The quantitative estimate of drug-likeness (QED) is 0.638. The maximum absolute atomic E-state index is 12.3. The van der Waals surface area contributed by atoms with E-state index in [0.29, 0.717) is 0 Å². The summed E-state index contributed by atoms with van der Waals surface area (Å²) in [4.78, 5) is 16.9. The number of rotatable bonds is 1. The van der Waals surface area contributed by atoms with Crippen LogP contribution in [-0.2, 0) is 4.74 Å².